The maximum Gasteiger partial charge on any atom is 0.303 e. The van der Waals surface area contributed by atoms with Gasteiger partial charge in [0.1, 0.15) is 0 Å². The molecule has 1 aliphatic rings. The third-order valence-corrected chi connectivity index (χ3v) is 5.60. The first-order valence-electron chi connectivity index (χ1n) is 7.72. The molecule has 1 atom stereocenters. The topological polar surface area (TPSA) is 118 Å². The van der Waals surface area contributed by atoms with Crippen LogP contribution in [-0.2, 0) is 20.3 Å². The van der Waals surface area contributed by atoms with Crippen LogP contribution in [0.3, 0.4) is 0 Å². The molecule has 0 aliphatic carbocycles. The van der Waals surface area contributed by atoms with Gasteiger partial charge in [-0.1, -0.05) is 12.8 Å². The summed E-state index contributed by atoms with van der Waals surface area (Å²) >= 11 is 0. The van der Waals surface area contributed by atoms with E-state index in [4.69, 9.17) is 5.11 Å². The average Bonchev–Trinajstić information content (AvgIpc) is 2.68. The first-order chi connectivity index (χ1) is 11.1. The Morgan fingerprint density at radius 3 is 2.54 bits per heavy atom. The number of nitrogens with zero attached hydrogens (tertiary/aromatic N) is 1. The van der Waals surface area contributed by atoms with E-state index < -0.39 is 21.5 Å². The van der Waals surface area contributed by atoms with Crippen LogP contribution in [0.15, 0.2) is 23.1 Å². The third kappa shape index (κ3) is 3.44. The van der Waals surface area contributed by atoms with Crippen molar-refractivity contribution in [1.29, 1.82) is 0 Å². The molecule has 0 saturated carbocycles. The van der Waals surface area contributed by atoms with Gasteiger partial charge in [0.05, 0.1) is 10.3 Å². The predicted molar refractivity (Wildman–Crippen MR) is 88.3 cm³/mol. The maximum atomic E-state index is 12.3. The molecule has 24 heavy (non-hydrogen) atoms. The SMILES string of the molecule is CC1=[N+]([O-])c2ccc(S(=O)(=O)O)cc2C1(C)CCCCCC(=O)O. The van der Waals surface area contributed by atoms with Gasteiger partial charge in [0.15, 0.2) is 5.71 Å². The number of carboxylic acids is 1. The van der Waals surface area contributed by atoms with Gasteiger partial charge in [-0.05, 0) is 31.9 Å². The average molecular weight is 355 g/mol. The van der Waals surface area contributed by atoms with Gasteiger partial charge in [0, 0.05) is 25.0 Å². The lowest BCUT2D eigenvalue weighted by atomic mass is 9.76. The van der Waals surface area contributed by atoms with Gasteiger partial charge in [-0.25, -0.2) is 0 Å². The molecule has 1 aliphatic heterocycles. The van der Waals surface area contributed by atoms with E-state index >= 15 is 0 Å². The number of hydrogen-bond donors (Lipinski definition) is 2. The summed E-state index contributed by atoms with van der Waals surface area (Å²) in [6.07, 6.45) is 2.69. The molecule has 0 bridgehead atoms. The Labute approximate surface area is 141 Å². The van der Waals surface area contributed by atoms with E-state index in [0.717, 1.165) is 4.74 Å². The molecule has 8 heteroatoms. The van der Waals surface area contributed by atoms with Crippen molar-refractivity contribution in [3.8, 4) is 0 Å². The van der Waals surface area contributed by atoms with E-state index in [1.165, 1.54) is 18.2 Å². The van der Waals surface area contributed by atoms with Crippen molar-refractivity contribution in [2.24, 2.45) is 0 Å². The number of hydrogen-bond acceptors (Lipinski definition) is 4. The van der Waals surface area contributed by atoms with Gasteiger partial charge >= 0.3 is 5.97 Å². The van der Waals surface area contributed by atoms with Gasteiger partial charge in [0.2, 0.25) is 5.69 Å². The molecular weight excluding hydrogens is 334 g/mol. The highest BCUT2D eigenvalue weighted by molar-refractivity contribution is 7.85. The molecule has 7 nitrogen and oxygen atoms in total. The fraction of sp³-hybridized carbons (Fsp3) is 0.500. The van der Waals surface area contributed by atoms with Gasteiger partial charge in [-0.15, -0.1) is 0 Å². The van der Waals surface area contributed by atoms with Gasteiger partial charge < -0.3 is 10.3 Å². The normalized spacial score (nSPS) is 20.3. The summed E-state index contributed by atoms with van der Waals surface area (Å²) in [6.45, 7) is 3.57. The molecule has 1 unspecified atom stereocenters. The lowest BCUT2D eigenvalue weighted by Crippen LogP contribution is -2.29. The second-order valence-electron chi connectivity index (χ2n) is 6.32. The summed E-state index contributed by atoms with van der Waals surface area (Å²) in [5.41, 5.74) is 0.876. The summed E-state index contributed by atoms with van der Waals surface area (Å²) in [4.78, 5) is 10.3. The second-order valence-corrected chi connectivity index (χ2v) is 7.74. The van der Waals surface area contributed by atoms with Crippen molar-refractivity contribution in [3.05, 3.63) is 29.0 Å². The van der Waals surface area contributed by atoms with Crippen molar-refractivity contribution in [2.45, 2.75) is 56.3 Å². The molecule has 1 aromatic carbocycles. The number of fused-ring (bicyclic) bond motifs is 1. The minimum absolute atomic E-state index is 0.108. The highest BCUT2D eigenvalue weighted by Gasteiger charge is 2.45. The predicted octanol–water partition coefficient (Wildman–Crippen LogP) is 2.84. The zero-order valence-electron chi connectivity index (χ0n) is 13.7. The summed E-state index contributed by atoms with van der Waals surface area (Å²) in [6, 6.07) is 3.97. The molecule has 0 aromatic heterocycles. The zero-order chi connectivity index (χ0) is 18.1. The maximum absolute atomic E-state index is 12.3. The largest absolute Gasteiger partial charge is 0.618 e. The Morgan fingerprint density at radius 1 is 1.29 bits per heavy atom. The number of carboxylic acid groups (broad SMARTS) is 1. The molecule has 2 N–H and O–H groups in total. The van der Waals surface area contributed by atoms with Crippen LogP contribution in [-0.4, -0.2) is 34.5 Å². The number of carbonyl (C=O) groups is 1. The Balaban J connectivity index is 2.26. The molecule has 0 amide bonds. The summed E-state index contributed by atoms with van der Waals surface area (Å²) in [5, 5.41) is 21.0. The lowest BCUT2D eigenvalue weighted by molar-refractivity contribution is -0.358. The first-order valence-corrected chi connectivity index (χ1v) is 9.16. The minimum atomic E-state index is -4.34. The highest BCUT2D eigenvalue weighted by atomic mass is 32.2. The van der Waals surface area contributed by atoms with Crippen LogP contribution in [0, 0.1) is 5.21 Å². The van der Waals surface area contributed by atoms with Crippen molar-refractivity contribution < 1.29 is 27.6 Å². The fourth-order valence-electron chi connectivity index (χ4n) is 3.14. The molecular formula is C16H21NO6S. The number of rotatable bonds is 7. The van der Waals surface area contributed by atoms with Crippen molar-refractivity contribution in [3.63, 3.8) is 0 Å². The first kappa shape index (κ1) is 18.4. The van der Waals surface area contributed by atoms with E-state index in [-0.39, 0.29) is 11.3 Å². The van der Waals surface area contributed by atoms with Gasteiger partial charge in [0.25, 0.3) is 10.1 Å². The smallest absolute Gasteiger partial charge is 0.303 e. The Hall–Kier alpha value is -1.93. The van der Waals surface area contributed by atoms with E-state index in [2.05, 4.69) is 0 Å². The molecule has 2 rings (SSSR count). The summed E-state index contributed by atoms with van der Waals surface area (Å²) in [7, 11) is -4.34. The molecule has 1 aromatic rings. The number of benzene rings is 1. The molecule has 132 valence electrons. The van der Waals surface area contributed by atoms with Crippen LogP contribution < -0.4 is 0 Å². The molecule has 0 fully saturated rings. The van der Waals surface area contributed by atoms with Crippen molar-refractivity contribution in [2.75, 3.05) is 0 Å². The Bertz CT molecular complexity index is 799. The minimum Gasteiger partial charge on any atom is -0.618 e. The Morgan fingerprint density at radius 2 is 1.96 bits per heavy atom. The van der Waals surface area contributed by atoms with E-state index in [9.17, 15) is 23.0 Å². The molecule has 0 spiro atoms. The fourth-order valence-corrected chi connectivity index (χ4v) is 3.65. The van der Waals surface area contributed by atoms with Crippen LogP contribution in [0.4, 0.5) is 5.69 Å². The van der Waals surface area contributed by atoms with E-state index in [1.807, 2.05) is 6.92 Å². The molecule has 0 radical (unpaired) electrons. The van der Waals surface area contributed by atoms with Gasteiger partial charge in [-0.2, -0.15) is 13.2 Å². The quantitative estimate of drug-likeness (QED) is 0.336. The van der Waals surface area contributed by atoms with Crippen molar-refractivity contribution >= 4 is 27.5 Å². The third-order valence-electron chi connectivity index (χ3n) is 4.75. The van der Waals surface area contributed by atoms with Crippen LogP contribution in [0.2, 0.25) is 0 Å². The van der Waals surface area contributed by atoms with Crippen LogP contribution >= 0.6 is 0 Å². The van der Waals surface area contributed by atoms with Crippen LogP contribution in [0.25, 0.3) is 0 Å². The van der Waals surface area contributed by atoms with Crippen LogP contribution in [0.1, 0.15) is 51.5 Å². The van der Waals surface area contributed by atoms with Crippen LogP contribution in [0.5, 0.6) is 0 Å². The molecule has 1 heterocycles. The standard InChI is InChI=1S/C16H21NO6S/c1-11-16(2,9-5-3-4-6-15(18)19)13-10-12(24(21,22)23)7-8-14(13)17(11)20/h7-8,10H,3-6,9H2,1-2H3,(H,18,19)(H,21,22,23). The highest BCUT2D eigenvalue weighted by Crippen LogP contribution is 2.43. The summed E-state index contributed by atoms with van der Waals surface area (Å²) < 4.78 is 32.8. The zero-order valence-corrected chi connectivity index (χ0v) is 14.5. The summed E-state index contributed by atoms with van der Waals surface area (Å²) in [5.74, 6) is -0.835. The second kappa shape index (κ2) is 6.52. The number of unbranched alkanes of at least 4 members (excludes halogenated alkanes) is 2. The van der Waals surface area contributed by atoms with Gasteiger partial charge in [-0.3, -0.25) is 9.35 Å². The van der Waals surface area contributed by atoms with E-state index in [0.29, 0.717) is 42.6 Å². The lowest BCUT2D eigenvalue weighted by Gasteiger charge is -2.22. The Kier molecular flexibility index (Phi) is 5.00. The number of aliphatic carboxylic acids is 1. The van der Waals surface area contributed by atoms with Crippen molar-refractivity contribution in [1.82, 2.24) is 0 Å². The molecule has 0 saturated heterocycles. The monoisotopic (exact) mass is 355 g/mol. The van der Waals surface area contributed by atoms with E-state index in [1.54, 1.807) is 6.92 Å².